The molecule has 2 N–H and O–H groups in total. The van der Waals surface area contributed by atoms with Gasteiger partial charge in [0.25, 0.3) is 0 Å². The molecule has 0 aliphatic heterocycles. The predicted octanol–water partition coefficient (Wildman–Crippen LogP) is 3.49. The first kappa shape index (κ1) is 13.0. The lowest BCUT2D eigenvalue weighted by Gasteiger charge is -2.07. The van der Waals surface area contributed by atoms with Gasteiger partial charge in [0, 0.05) is 5.56 Å². The molecule has 5 nitrogen and oxygen atoms in total. The molecule has 4 rings (SSSR count). The molecule has 4 aromatic rings. The van der Waals surface area contributed by atoms with Crippen molar-refractivity contribution in [2.45, 2.75) is 6.92 Å². The summed E-state index contributed by atoms with van der Waals surface area (Å²) in [7, 11) is 0. The maximum absolute atomic E-state index is 6.00. The third kappa shape index (κ3) is 1.83. The van der Waals surface area contributed by atoms with Crippen molar-refractivity contribution in [2.75, 3.05) is 5.73 Å². The van der Waals surface area contributed by atoms with E-state index in [1.807, 2.05) is 47.7 Å². The summed E-state index contributed by atoms with van der Waals surface area (Å²) in [6.07, 6.45) is 0. The molecular weight excluding hydrogens is 298 g/mol. The number of fused-ring (bicyclic) bond motifs is 3. The number of aryl methyl sites for hydroxylation is 1. The molecular formula is C16H12ClN5. The van der Waals surface area contributed by atoms with E-state index >= 15 is 0 Å². The van der Waals surface area contributed by atoms with Gasteiger partial charge in [-0.2, -0.15) is 0 Å². The zero-order chi connectivity index (χ0) is 15.3. The number of rotatable bonds is 1. The van der Waals surface area contributed by atoms with Gasteiger partial charge in [-0.25, -0.2) is 4.98 Å². The molecule has 2 heterocycles. The van der Waals surface area contributed by atoms with Gasteiger partial charge in [0.2, 0.25) is 0 Å². The highest BCUT2D eigenvalue weighted by Gasteiger charge is 2.14. The summed E-state index contributed by atoms with van der Waals surface area (Å²) in [6, 6.07) is 13.4. The number of halogens is 1. The molecule has 108 valence electrons. The van der Waals surface area contributed by atoms with Crippen molar-refractivity contribution in [1.29, 1.82) is 0 Å². The Morgan fingerprint density at radius 2 is 1.91 bits per heavy atom. The van der Waals surface area contributed by atoms with Crippen LogP contribution in [0.15, 0.2) is 42.5 Å². The Bertz CT molecular complexity index is 1020. The summed E-state index contributed by atoms with van der Waals surface area (Å²) in [5.74, 6) is 0.722. The van der Waals surface area contributed by atoms with Crippen LogP contribution in [0.5, 0.6) is 0 Å². The van der Waals surface area contributed by atoms with Crippen LogP contribution in [-0.2, 0) is 0 Å². The molecule has 0 aliphatic rings. The third-order valence-corrected chi connectivity index (χ3v) is 4.00. The van der Waals surface area contributed by atoms with E-state index in [2.05, 4.69) is 15.2 Å². The van der Waals surface area contributed by atoms with E-state index in [0.717, 1.165) is 33.8 Å². The highest BCUT2D eigenvalue weighted by Crippen LogP contribution is 2.28. The first-order valence-corrected chi connectivity index (χ1v) is 7.19. The van der Waals surface area contributed by atoms with Gasteiger partial charge in [0.1, 0.15) is 0 Å². The smallest absolute Gasteiger partial charge is 0.183 e. The quantitative estimate of drug-likeness (QED) is 0.546. The van der Waals surface area contributed by atoms with E-state index in [0.29, 0.717) is 10.7 Å². The van der Waals surface area contributed by atoms with Crippen molar-refractivity contribution >= 4 is 34.0 Å². The highest BCUT2D eigenvalue weighted by molar-refractivity contribution is 6.33. The number of nitrogens with two attached hydrogens (primary N) is 1. The number of nitrogens with zero attached hydrogens (tertiary/aromatic N) is 4. The first-order valence-electron chi connectivity index (χ1n) is 6.81. The van der Waals surface area contributed by atoms with Gasteiger partial charge in [-0.15, -0.1) is 10.2 Å². The molecule has 0 spiro atoms. The maximum Gasteiger partial charge on any atom is 0.183 e. The van der Waals surface area contributed by atoms with Crippen molar-refractivity contribution in [3.8, 4) is 11.4 Å². The first-order chi connectivity index (χ1) is 10.6. The Hall–Kier alpha value is -2.66. The zero-order valence-corrected chi connectivity index (χ0v) is 12.5. The lowest BCUT2D eigenvalue weighted by molar-refractivity contribution is 1.11. The fourth-order valence-corrected chi connectivity index (χ4v) is 2.71. The van der Waals surface area contributed by atoms with E-state index in [1.165, 1.54) is 0 Å². The van der Waals surface area contributed by atoms with Crippen LogP contribution in [0, 0.1) is 6.92 Å². The molecule has 2 aromatic heterocycles. The van der Waals surface area contributed by atoms with Gasteiger partial charge in [-0.3, -0.25) is 4.40 Å². The second-order valence-electron chi connectivity index (χ2n) is 5.10. The summed E-state index contributed by atoms with van der Waals surface area (Å²) in [4.78, 5) is 4.57. The molecule has 22 heavy (non-hydrogen) atoms. The summed E-state index contributed by atoms with van der Waals surface area (Å²) in [5.41, 5.74) is 10.7. The summed E-state index contributed by atoms with van der Waals surface area (Å²) in [5, 5.41) is 9.12. The third-order valence-electron chi connectivity index (χ3n) is 3.65. The van der Waals surface area contributed by atoms with Crippen molar-refractivity contribution in [1.82, 2.24) is 19.6 Å². The normalized spacial score (nSPS) is 11.4. The van der Waals surface area contributed by atoms with Crippen LogP contribution in [0.3, 0.4) is 0 Å². The van der Waals surface area contributed by atoms with Gasteiger partial charge in [-0.1, -0.05) is 23.7 Å². The van der Waals surface area contributed by atoms with Gasteiger partial charge >= 0.3 is 0 Å². The molecule has 2 aromatic carbocycles. The minimum Gasteiger partial charge on any atom is -0.398 e. The van der Waals surface area contributed by atoms with Crippen LogP contribution in [0.25, 0.3) is 28.1 Å². The molecule has 6 heteroatoms. The van der Waals surface area contributed by atoms with E-state index in [1.54, 1.807) is 6.07 Å². The van der Waals surface area contributed by atoms with Gasteiger partial charge < -0.3 is 5.73 Å². The van der Waals surface area contributed by atoms with Crippen LogP contribution in [-0.4, -0.2) is 19.6 Å². The number of hydrogen-bond donors (Lipinski definition) is 1. The fourth-order valence-electron chi connectivity index (χ4n) is 2.59. The Morgan fingerprint density at radius 1 is 1.09 bits per heavy atom. The van der Waals surface area contributed by atoms with Crippen LogP contribution in [0.2, 0.25) is 5.02 Å². The SMILES string of the molecule is Cc1nc2ccccc2n2c(-c3ccc(Cl)c(N)c3)nnc12. The lowest BCUT2D eigenvalue weighted by atomic mass is 10.2. The summed E-state index contributed by atoms with van der Waals surface area (Å²) >= 11 is 6.00. The fraction of sp³-hybridized carbons (Fsp3) is 0.0625. The molecule has 0 saturated heterocycles. The Morgan fingerprint density at radius 3 is 2.73 bits per heavy atom. The number of hydrogen-bond acceptors (Lipinski definition) is 4. The van der Waals surface area contributed by atoms with E-state index in [-0.39, 0.29) is 0 Å². The van der Waals surface area contributed by atoms with E-state index in [9.17, 15) is 0 Å². The Labute approximate surface area is 131 Å². The number of nitrogen functional groups attached to an aromatic ring is 1. The van der Waals surface area contributed by atoms with Crippen molar-refractivity contribution in [3.63, 3.8) is 0 Å². The molecule has 0 fully saturated rings. The molecule has 0 atom stereocenters. The maximum atomic E-state index is 6.00. The largest absolute Gasteiger partial charge is 0.398 e. The summed E-state index contributed by atoms with van der Waals surface area (Å²) < 4.78 is 2.00. The topological polar surface area (TPSA) is 69.1 Å². The lowest BCUT2D eigenvalue weighted by Crippen LogP contribution is -1.97. The number of anilines is 1. The molecule has 0 radical (unpaired) electrons. The van der Waals surface area contributed by atoms with Gasteiger partial charge in [-0.05, 0) is 37.3 Å². The Kier molecular flexibility index (Phi) is 2.77. The average molecular weight is 310 g/mol. The number of benzene rings is 2. The summed E-state index contributed by atoms with van der Waals surface area (Å²) in [6.45, 7) is 1.93. The second-order valence-corrected chi connectivity index (χ2v) is 5.51. The van der Waals surface area contributed by atoms with Crippen molar-refractivity contribution in [2.24, 2.45) is 0 Å². The van der Waals surface area contributed by atoms with Crippen molar-refractivity contribution in [3.05, 3.63) is 53.2 Å². The van der Waals surface area contributed by atoms with Crippen LogP contribution in [0.1, 0.15) is 5.69 Å². The molecule has 0 bridgehead atoms. The van der Waals surface area contributed by atoms with Gasteiger partial charge in [0.05, 0.1) is 27.4 Å². The van der Waals surface area contributed by atoms with Gasteiger partial charge in [0.15, 0.2) is 11.5 Å². The molecule has 0 amide bonds. The minimum absolute atomic E-state index is 0.519. The van der Waals surface area contributed by atoms with Crippen molar-refractivity contribution < 1.29 is 0 Å². The Balaban J connectivity index is 2.12. The number of aromatic nitrogens is 4. The molecule has 0 saturated carbocycles. The molecule has 0 aliphatic carbocycles. The van der Waals surface area contributed by atoms with E-state index in [4.69, 9.17) is 17.3 Å². The standard InChI is InChI=1S/C16H12ClN5/c1-9-15-20-21-16(10-6-7-11(17)12(18)8-10)22(15)14-5-3-2-4-13(14)19-9/h2-8H,18H2,1H3. The second kappa shape index (κ2) is 4.68. The van der Waals surface area contributed by atoms with Crippen LogP contribution < -0.4 is 5.73 Å². The van der Waals surface area contributed by atoms with Crippen LogP contribution >= 0.6 is 11.6 Å². The molecule has 0 unspecified atom stereocenters. The predicted molar refractivity (Wildman–Crippen MR) is 87.9 cm³/mol. The average Bonchev–Trinajstić information content (AvgIpc) is 2.96. The monoisotopic (exact) mass is 309 g/mol. The minimum atomic E-state index is 0.519. The van der Waals surface area contributed by atoms with Crippen LogP contribution in [0.4, 0.5) is 5.69 Å². The number of para-hydroxylation sites is 2. The highest BCUT2D eigenvalue weighted by atomic mass is 35.5. The zero-order valence-electron chi connectivity index (χ0n) is 11.8. The van der Waals surface area contributed by atoms with E-state index < -0.39 is 0 Å².